The average molecular weight is 523 g/mol. The van der Waals surface area contributed by atoms with Crippen LogP contribution in [-0.2, 0) is 28.9 Å². The number of methoxy groups -OCH3 is 1. The number of carbonyl (C=O) groups is 2. The number of hydrogen-bond acceptors (Lipinski definition) is 5. The predicted octanol–water partition coefficient (Wildman–Crippen LogP) is 5.67. The number of fused-ring (bicyclic) bond motifs is 1. The Labute approximate surface area is 226 Å². The van der Waals surface area contributed by atoms with E-state index in [0.29, 0.717) is 6.54 Å². The van der Waals surface area contributed by atoms with Gasteiger partial charge < -0.3 is 19.9 Å². The smallest absolute Gasteiger partial charge is 0.411 e. The van der Waals surface area contributed by atoms with Crippen LogP contribution in [0, 0.1) is 18.3 Å². The van der Waals surface area contributed by atoms with Crippen molar-refractivity contribution in [2.24, 2.45) is 11.3 Å². The summed E-state index contributed by atoms with van der Waals surface area (Å²) in [5, 5.41) is 14.3. The number of carboxylic acid groups (broad SMARTS) is 1. The minimum Gasteiger partial charge on any atom is -0.496 e. The molecule has 7 heteroatoms. The number of likely N-dealkylation sites (tertiary alicyclic amines) is 1. The van der Waals surface area contributed by atoms with Crippen LogP contribution in [0.3, 0.4) is 0 Å². The summed E-state index contributed by atoms with van der Waals surface area (Å²) in [5.74, 6) is -0.574. The highest BCUT2D eigenvalue weighted by Gasteiger charge is 2.58. The molecule has 0 unspecified atom stereocenters. The minimum atomic E-state index is -1.05. The molecular formula is C31H42N2O5. The molecule has 2 aliphatic rings. The Hall–Kier alpha value is -3.06. The van der Waals surface area contributed by atoms with E-state index in [-0.39, 0.29) is 18.1 Å². The number of aryl methyl sites for hydroxylation is 3. The lowest BCUT2D eigenvalue weighted by Crippen LogP contribution is -2.48. The van der Waals surface area contributed by atoms with Crippen molar-refractivity contribution in [3.63, 3.8) is 0 Å². The van der Waals surface area contributed by atoms with Crippen molar-refractivity contribution in [3.8, 4) is 5.75 Å². The van der Waals surface area contributed by atoms with Crippen LogP contribution in [-0.4, -0.2) is 47.4 Å². The van der Waals surface area contributed by atoms with Crippen molar-refractivity contribution in [1.82, 2.24) is 10.2 Å². The molecule has 0 bridgehead atoms. The van der Waals surface area contributed by atoms with Gasteiger partial charge >= 0.3 is 12.1 Å². The van der Waals surface area contributed by atoms with Crippen molar-refractivity contribution in [3.05, 3.63) is 64.2 Å². The highest BCUT2D eigenvalue weighted by Crippen LogP contribution is 2.49. The van der Waals surface area contributed by atoms with Gasteiger partial charge in [-0.05, 0) is 73.8 Å². The molecule has 206 valence electrons. The van der Waals surface area contributed by atoms with Gasteiger partial charge in [0.05, 0.1) is 19.3 Å². The van der Waals surface area contributed by atoms with E-state index >= 15 is 0 Å². The van der Waals surface area contributed by atoms with E-state index in [2.05, 4.69) is 17.4 Å². The summed E-state index contributed by atoms with van der Waals surface area (Å²) >= 11 is 0. The van der Waals surface area contributed by atoms with E-state index in [0.717, 1.165) is 41.7 Å². The van der Waals surface area contributed by atoms with E-state index in [1.165, 1.54) is 16.0 Å². The Balaban J connectivity index is 1.82. The molecule has 0 saturated carbocycles. The summed E-state index contributed by atoms with van der Waals surface area (Å²) in [6.07, 6.45) is 2.30. The minimum absolute atomic E-state index is 0.338. The summed E-state index contributed by atoms with van der Waals surface area (Å²) in [5.41, 5.74) is 5.23. The van der Waals surface area contributed by atoms with E-state index in [1.54, 1.807) is 21.0 Å². The maximum absolute atomic E-state index is 13.6. The first kappa shape index (κ1) is 28.0. The fourth-order valence-corrected chi connectivity index (χ4v) is 6.40. The zero-order chi connectivity index (χ0) is 27.8. The molecule has 1 aliphatic carbocycles. The molecule has 38 heavy (non-hydrogen) atoms. The van der Waals surface area contributed by atoms with E-state index in [4.69, 9.17) is 9.47 Å². The first-order valence-electron chi connectivity index (χ1n) is 13.6. The maximum atomic E-state index is 13.6. The van der Waals surface area contributed by atoms with Gasteiger partial charge in [-0.25, -0.2) is 9.59 Å². The van der Waals surface area contributed by atoms with Gasteiger partial charge in [-0.3, -0.25) is 4.90 Å². The van der Waals surface area contributed by atoms with Gasteiger partial charge in [0.2, 0.25) is 0 Å². The zero-order valence-corrected chi connectivity index (χ0v) is 23.7. The molecule has 1 saturated heterocycles. The summed E-state index contributed by atoms with van der Waals surface area (Å²) < 4.78 is 11.4. The fraction of sp³-hybridized carbons (Fsp3) is 0.548. The number of hydrogen-bond donors (Lipinski definition) is 2. The average Bonchev–Trinajstić information content (AvgIpc) is 3.43. The molecule has 1 aliphatic heterocycles. The lowest BCUT2D eigenvalue weighted by atomic mass is 9.72. The number of ether oxygens (including phenoxy) is 2. The lowest BCUT2D eigenvalue weighted by Gasteiger charge is -2.35. The molecule has 1 amide bonds. The Bertz CT molecular complexity index is 1190. The SMILES string of the molecule is COc1cc2c(cc1CN[C@H]1[C@H](C(C)(C)C)[C@@H](C(=O)O)N(C(=O)OC(C)C)[C@H]1c1ccccc1C)CCC2. The fourth-order valence-electron chi connectivity index (χ4n) is 6.40. The van der Waals surface area contributed by atoms with Gasteiger partial charge in [-0.2, -0.15) is 0 Å². The van der Waals surface area contributed by atoms with Gasteiger partial charge in [0.15, 0.2) is 0 Å². The van der Waals surface area contributed by atoms with Crippen molar-refractivity contribution in [2.75, 3.05) is 7.11 Å². The first-order valence-corrected chi connectivity index (χ1v) is 13.6. The number of nitrogens with zero attached hydrogens (tertiary/aromatic N) is 1. The van der Waals surface area contributed by atoms with Crippen LogP contribution >= 0.6 is 0 Å². The van der Waals surface area contributed by atoms with E-state index in [1.807, 2.05) is 52.0 Å². The van der Waals surface area contributed by atoms with Gasteiger partial charge in [-0.15, -0.1) is 0 Å². The monoisotopic (exact) mass is 522 g/mol. The van der Waals surface area contributed by atoms with Crippen LogP contribution in [0.4, 0.5) is 4.79 Å². The van der Waals surface area contributed by atoms with Crippen LogP contribution in [0.5, 0.6) is 5.75 Å². The Morgan fingerprint density at radius 1 is 1.13 bits per heavy atom. The van der Waals surface area contributed by atoms with Crippen LogP contribution in [0.15, 0.2) is 36.4 Å². The topological polar surface area (TPSA) is 88.1 Å². The summed E-state index contributed by atoms with van der Waals surface area (Å²) in [4.78, 5) is 27.9. The normalized spacial score (nSPS) is 23.0. The molecule has 7 nitrogen and oxygen atoms in total. The number of aliphatic carboxylic acids is 1. The number of benzene rings is 2. The third kappa shape index (κ3) is 5.39. The van der Waals surface area contributed by atoms with Crippen LogP contribution in [0.25, 0.3) is 0 Å². The predicted molar refractivity (Wildman–Crippen MR) is 147 cm³/mol. The second kappa shape index (κ2) is 11.0. The van der Waals surface area contributed by atoms with Gasteiger partial charge in [-0.1, -0.05) is 51.1 Å². The summed E-state index contributed by atoms with van der Waals surface area (Å²) in [6, 6.07) is 10.3. The number of nitrogens with one attached hydrogen (secondary N) is 1. The molecule has 4 rings (SSSR count). The lowest BCUT2D eigenvalue weighted by molar-refractivity contribution is -0.144. The molecule has 0 spiro atoms. The van der Waals surface area contributed by atoms with Crippen molar-refractivity contribution in [1.29, 1.82) is 0 Å². The van der Waals surface area contributed by atoms with Crippen molar-refractivity contribution < 1.29 is 24.2 Å². The van der Waals surface area contributed by atoms with Crippen molar-refractivity contribution in [2.45, 2.75) is 91.6 Å². The first-order chi connectivity index (χ1) is 17.9. The summed E-state index contributed by atoms with van der Waals surface area (Å²) in [7, 11) is 1.69. The molecule has 2 N–H and O–H groups in total. The molecule has 0 aromatic heterocycles. The third-order valence-electron chi connectivity index (χ3n) is 8.00. The second-order valence-corrected chi connectivity index (χ2v) is 12.0. The van der Waals surface area contributed by atoms with E-state index in [9.17, 15) is 14.7 Å². The highest BCUT2D eigenvalue weighted by atomic mass is 16.6. The number of rotatable bonds is 7. The molecule has 4 atom stereocenters. The molecule has 1 heterocycles. The van der Waals surface area contributed by atoms with Crippen LogP contribution < -0.4 is 10.1 Å². The molecule has 0 radical (unpaired) electrons. The number of carboxylic acids is 1. The Morgan fingerprint density at radius 3 is 2.37 bits per heavy atom. The molecular weight excluding hydrogens is 480 g/mol. The van der Waals surface area contributed by atoms with Gasteiger partial charge in [0.1, 0.15) is 11.8 Å². The largest absolute Gasteiger partial charge is 0.496 e. The maximum Gasteiger partial charge on any atom is 0.411 e. The zero-order valence-electron chi connectivity index (χ0n) is 23.7. The number of carbonyl (C=O) groups excluding carboxylic acids is 1. The van der Waals surface area contributed by atoms with Crippen LogP contribution in [0.1, 0.15) is 74.9 Å². The van der Waals surface area contributed by atoms with Gasteiger partial charge in [0, 0.05) is 24.1 Å². The standard InChI is InChI=1S/C31H42N2O5/c1-18(2)38-30(36)33-27(23-14-9-8-11-19(23)3)26(25(31(4,5)6)28(33)29(34)35)32-17-22-15-20-12-10-13-21(20)16-24(22)37-7/h8-9,11,14-16,18,25-28,32H,10,12-13,17H2,1-7H3,(H,34,35)/t25-,26-,27-,28-/m0/s1. The number of amides is 1. The second-order valence-electron chi connectivity index (χ2n) is 12.0. The van der Waals surface area contributed by atoms with Crippen molar-refractivity contribution >= 4 is 12.1 Å². The Morgan fingerprint density at radius 2 is 1.79 bits per heavy atom. The molecule has 2 aromatic carbocycles. The quantitative estimate of drug-likeness (QED) is 0.487. The highest BCUT2D eigenvalue weighted by molar-refractivity contribution is 5.82. The van der Waals surface area contributed by atoms with E-state index < -0.39 is 29.6 Å². The molecule has 2 aromatic rings. The summed E-state index contributed by atoms with van der Waals surface area (Å²) in [6.45, 7) is 12.2. The third-order valence-corrected chi connectivity index (χ3v) is 8.00. The van der Waals surface area contributed by atoms with Crippen LogP contribution in [0.2, 0.25) is 0 Å². The van der Waals surface area contributed by atoms with Gasteiger partial charge in [0.25, 0.3) is 0 Å². The molecule has 1 fully saturated rings. The Kier molecular flexibility index (Phi) is 8.07.